The standard InChI is InChI=1S/C19H17NO2S2/c1-2-22-16-11-7-6-10-15(16)12-17-18(21)20(19(23)24-17)13-14-8-4-3-5-9-14/h3-12H,2,13H2,1H3/b17-12-. The van der Waals surface area contributed by atoms with Crippen molar-refractivity contribution in [3.05, 3.63) is 70.6 Å². The predicted molar refractivity (Wildman–Crippen MR) is 103 cm³/mol. The quantitative estimate of drug-likeness (QED) is 0.584. The molecule has 5 heteroatoms. The number of thioether (sulfide) groups is 1. The number of rotatable bonds is 5. The minimum absolute atomic E-state index is 0.0554. The number of carbonyl (C=O) groups is 1. The van der Waals surface area contributed by atoms with Gasteiger partial charge in [-0.05, 0) is 24.6 Å². The second kappa shape index (κ2) is 7.64. The number of hydrogen-bond donors (Lipinski definition) is 0. The van der Waals surface area contributed by atoms with E-state index in [1.54, 1.807) is 4.90 Å². The van der Waals surface area contributed by atoms with E-state index in [0.29, 0.717) is 22.4 Å². The van der Waals surface area contributed by atoms with Gasteiger partial charge in [0.15, 0.2) is 0 Å². The van der Waals surface area contributed by atoms with Crippen LogP contribution in [-0.2, 0) is 11.3 Å². The van der Waals surface area contributed by atoms with Gasteiger partial charge in [0.1, 0.15) is 10.1 Å². The largest absolute Gasteiger partial charge is 0.493 e. The zero-order chi connectivity index (χ0) is 16.9. The Morgan fingerprint density at radius 2 is 1.83 bits per heavy atom. The van der Waals surface area contributed by atoms with Crippen LogP contribution in [0.1, 0.15) is 18.1 Å². The fourth-order valence-electron chi connectivity index (χ4n) is 2.43. The molecule has 1 aliphatic heterocycles. The third-order valence-electron chi connectivity index (χ3n) is 3.56. The lowest BCUT2D eigenvalue weighted by atomic mass is 10.1. The number of benzene rings is 2. The molecule has 3 rings (SSSR count). The molecular formula is C19H17NO2S2. The molecule has 122 valence electrons. The first kappa shape index (κ1) is 16.7. The normalized spacial score (nSPS) is 16.0. The molecule has 0 aliphatic carbocycles. The zero-order valence-corrected chi connectivity index (χ0v) is 14.9. The van der Waals surface area contributed by atoms with E-state index in [0.717, 1.165) is 16.9 Å². The number of para-hydroxylation sites is 1. The number of amides is 1. The molecule has 0 saturated carbocycles. The molecule has 3 nitrogen and oxygen atoms in total. The topological polar surface area (TPSA) is 29.5 Å². The lowest BCUT2D eigenvalue weighted by molar-refractivity contribution is -0.122. The molecule has 0 spiro atoms. The Balaban J connectivity index is 1.83. The molecule has 0 radical (unpaired) electrons. The summed E-state index contributed by atoms with van der Waals surface area (Å²) in [5, 5.41) is 0. The van der Waals surface area contributed by atoms with Crippen molar-refractivity contribution >= 4 is 40.3 Å². The van der Waals surface area contributed by atoms with Crippen molar-refractivity contribution < 1.29 is 9.53 Å². The summed E-state index contributed by atoms with van der Waals surface area (Å²) < 4.78 is 6.21. The minimum atomic E-state index is -0.0554. The van der Waals surface area contributed by atoms with E-state index in [-0.39, 0.29) is 5.91 Å². The summed E-state index contributed by atoms with van der Waals surface area (Å²) in [4.78, 5) is 15.0. The van der Waals surface area contributed by atoms with Gasteiger partial charge in [0.2, 0.25) is 0 Å². The average molecular weight is 355 g/mol. The molecule has 1 fully saturated rings. The summed E-state index contributed by atoms with van der Waals surface area (Å²) >= 11 is 6.73. The molecule has 24 heavy (non-hydrogen) atoms. The maximum absolute atomic E-state index is 12.7. The Hall–Kier alpha value is -2.11. The summed E-state index contributed by atoms with van der Waals surface area (Å²) in [7, 11) is 0. The highest BCUT2D eigenvalue weighted by molar-refractivity contribution is 8.26. The van der Waals surface area contributed by atoms with Gasteiger partial charge in [0, 0.05) is 5.56 Å². The fraction of sp³-hybridized carbons (Fsp3) is 0.158. The first-order chi connectivity index (χ1) is 11.7. The monoisotopic (exact) mass is 355 g/mol. The second-order valence-electron chi connectivity index (χ2n) is 5.22. The van der Waals surface area contributed by atoms with Crippen molar-refractivity contribution in [2.45, 2.75) is 13.5 Å². The number of nitrogens with zero attached hydrogens (tertiary/aromatic N) is 1. The SMILES string of the molecule is CCOc1ccccc1/C=C1\SC(=S)N(Cc2ccccc2)C1=O. The van der Waals surface area contributed by atoms with Gasteiger partial charge in [0.25, 0.3) is 5.91 Å². The second-order valence-corrected chi connectivity index (χ2v) is 6.90. The van der Waals surface area contributed by atoms with Crippen LogP contribution in [0.3, 0.4) is 0 Å². The van der Waals surface area contributed by atoms with Crippen LogP contribution in [-0.4, -0.2) is 21.7 Å². The van der Waals surface area contributed by atoms with Crippen molar-refractivity contribution in [1.82, 2.24) is 4.90 Å². The van der Waals surface area contributed by atoms with E-state index in [9.17, 15) is 4.79 Å². The van der Waals surface area contributed by atoms with Crippen LogP contribution >= 0.6 is 24.0 Å². The Bertz CT molecular complexity index is 787. The first-order valence-corrected chi connectivity index (χ1v) is 8.92. The highest BCUT2D eigenvalue weighted by atomic mass is 32.2. The van der Waals surface area contributed by atoms with Crippen LogP contribution in [0.25, 0.3) is 6.08 Å². The summed E-state index contributed by atoms with van der Waals surface area (Å²) in [6, 6.07) is 17.6. The number of thiocarbonyl (C=S) groups is 1. The van der Waals surface area contributed by atoms with E-state index < -0.39 is 0 Å². The van der Waals surface area contributed by atoms with Crippen molar-refractivity contribution in [1.29, 1.82) is 0 Å². The van der Waals surface area contributed by atoms with Crippen molar-refractivity contribution in [3.8, 4) is 5.75 Å². The summed E-state index contributed by atoms with van der Waals surface area (Å²) in [6.07, 6.45) is 1.86. The van der Waals surface area contributed by atoms with Gasteiger partial charge in [-0.25, -0.2) is 0 Å². The molecule has 0 atom stereocenters. The highest BCUT2D eigenvalue weighted by Gasteiger charge is 2.32. The van der Waals surface area contributed by atoms with Gasteiger partial charge in [-0.3, -0.25) is 9.69 Å². The molecule has 1 amide bonds. The van der Waals surface area contributed by atoms with Gasteiger partial charge in [-0.1, -0.05) is 72.5 Å². The van der Waals surface area contributed by atoms with Crippen LogP contribution in [0, 0.1) is 0 Å². The van der Waals surface area contributed by atoms with Crippen LogP contribution in [0.2, 0.25) is 0 Å². The van der Waals surface area contributed by atoms with Gasteiger partial charge in [0.05, 0.1) is 18.1 Å². The van der Waals surface area contributed by atoms with E-state index in [1.807, 2.05) is 67.6 Å². The van der Waals surface area contributed by atoms with Gasteiger partial charge < -0.3 is 4.74 Å². The molecule has 0 bridgehead atoms. The lowest BCUT2D eigenvalue weighted by Crippen LogP contribution is -2.27. The zero-order valence-electron chi connectivity index (χ0n) is 13.3. The fourth-order valence-corrected chi connectivity index (χ4v) is 3.68. The van der Waals surface area contributed by atoms with E-state index in [1.165, 1.54) is 11.8 Å². The number of carbonyl (C=O) groups excluding carboxylic acids is 1. The van der Waals surface area contributed by atoms with Crippen molar-refractivity contribution in [2.24, 2.45) is 0 Å². The Morgan fingerprint density at radius 3 is 2.58 bits per heavy atom. The lowest BCUT2D eigenvalue weighted by Gasteiger charge is -2.14. The van der Waals surface area contributed by atoms with Crippen LogP contribution in [0.5, 0.6) is 5.75 Å². The summed E-state index contributed by atoms with van der Waals surface area (Å²) in [6.45, 7) is 3.02. The first-order valence-electron chi connectivity index (χ1n) is 7.70. The molecular weight excluding hydrogens is 338 g/mol. The molecule has 1 heterocycles. The Labute approximate surface area is 151 Å². The highest BCUT2D eigenvalue weighted by Crippen LogP contribution is 2.35. The van der Waals surface area contributed by atoms with Gasteiger partial charge in [-0.15, -0.1) is 0 Å². The van der Waals surface area contributed by atoms with E-state index in [4.69, 9.17) is 17.0 Å². The van der Waals surface area contributed by atoms with Crippen LogP contribution in [0.4, 0.5) is 0 Å². The minimum Gasteiger partial charge on any atom is -0.493 e. The van der Waals surface area contributed by atoms with Crippen molar-refractivity contribution in [2.75, 3.05) is 6.61 Å². The third-order valence-corrected chi connectivity index (χ3v) is 4.94. The Kier molecular flexibility index (Phi) is 5.33. The van der Waals surface area contributed by atoms with Crippen molar-refractivity contribution in [3.63, 3.8) is 0 Å². The average Bonchev–Trinajstić information content (AvgIpc) is 2.85. The number of ether oxygens (including phenoxy) is 1. The smallest absolute Gasteiger partial charge is 0.266 e. The van der Waals surface area contributed by atoms with Crippen LogP contribution < -0.4 is 4.74 Å². The summed E-state index contributed by atoms with van der Waals surface area (Å²) in [5.41, 5.74) is 1.95. The third kappa shape index (κ3) is 3.68. The molecule has 0 N–H and O–H groups in total. The summed E-state index contributed by atoms with van der Waals surface area (Å²) in [5.74, 6) is 0.716. The number of hydrogen-bond acceptors (Lipinski definition) is 4. The van der Waals surface area contributed by atoms with Crippen LogP contribution in [0.15, 0.2) is 59.5 Å². The molecule has 0 aromatic heterocycles. The molecule has 2 aromatic rings. The maximum Gasteiger partial charge on any atom is 0.266 e. The molecule has 0 unspecified atom stereocenters. The van der Waals surface area contributed by atoms with E-state index >= 15 is 0 Å². The Morgan fingerprint density at radius 1 is 1.12 bits per heavy atom. The van der Waals surface area contributed by atoms with E-state index in [2.05, 4.69) is 0 Å². The molecule has 2 aromatic carbocycles. The molecule has 1 aliphatic rings. The molecule has 1 saturated heterocycles. The van der Waals surface area contributed by atoms with Gasteiger partial charge >= 0.3 is 0 Å². The maximum atomic E-state index is 12.7. The van der Waals surface area contributed by atoms with Gasteiger partial charge in [-0.2, -0.15) is 0 Å². The predicted octanol–water partition coefficient (Wildman–Crippen LogP) is 4.49.